The molecule has 0 radical (unpaired) electrons. The second-order valence-corrected chi connectivity index (χ2v) is 5.83. The van der Waals surface area contributed by atoms with Crippen molar-refractivity contribution in [2.45, 2.75) is 13.8 Å². The van der Waals surface area contributed by atoms with Crippen molar-refractivity contribution < 1.29 is 9.90 Å². The highest BCUT2D eigenvalue weighted by Crippen LogP contribution is 2.27. The summed E-state index contributed by atoms with van der Waals surface area (Å²) in [6, 6.07) is 9.37. The molecule has 0 saturated heterocycles. The quantitative estimate of drug-likeness (QED) is 0.761. The smallest absolute Gasteiger partial charge is 0.338 e. The van der Waals surface area contributed by atoms with Gasteiger partial charge in [-0.3, -0.25) is 4.57 Å². The lowest BCUT2D eigenvalue weighted by molar-refractivity contribution is 0.0696. The number of aromatic carboxylic acids is 1. The summed E-state index contributed by atoms with van der Waals surface area (Å²) >= 11 is 3.31. The number of hydrogen-bond donors (Lipinski definition) is 1. The molecule has 0 spiro atoms. The van der Waals surface area contributed by atoms with Gasteiger partial charge in [0.25, 0.3) is 0 Å². The Bertz CT molecular complexity index is 868. The van der Waals surface area contributed by atoms with Gasteiger partial charge in [-0.15, -0.1) is 0 Å². The topological polar surface area (TPSA) is 55.1 Å². The summed E-state index contributed by atoms with van der Waals surface area (Å²) < 4.78 is 2.37. The molecule has 0 atom stereocenters. The molecule has 0 aliphatic rings. The lowest BCUT2D eigenvalue weighted by Crippen LogP contribution is -2.05. The predicted molar refractivity (Wildman–Crippen MR) is 85.2 cm³/mol. The molecule has 0 aliphatic heterocycles. The monoisotopic (exact) mass is 344 g/mol. The molecule has 3 aromatic rings. The van der Waals surface area contributed by atoms with E-state index in [-0.39, 0.29) is 5.56 Å². The number of rotatable bonds is 2. The molecule has 3 rings (SSSR count). The average Bonchev–Trinajstić information content (AvgIpc) is 2.81. The van der Waals surface area contributed by atoms with Crippen molar-refractivity contribution >= 4 is 32.9 Å². The average molecular weight is 345 g/mol. The first kappa shape index (κ1) is 13.8. The van der Waals surface area contributed by atoms with E-state index in [4.69, 9.17) is 0 Å². The number of carboxylic acids is 1. The Morgan fingerprint density at radius 2 is 1.95 bits per heavy atom. The molecule has 0 bridgehead atoms. The number of carbonyl (C=O) groups is 1. The summed E-state index contributed by atoms with van der Waals surface area (Å²) in [4.78, 5) is 15.9. The maximum Gasteiger partial charge on any atom is 0.338 e. The van der Waals surface area contributed by atoms with Crippen molar-refractivity contribution in [3.63, 3.8) is 0 Å². The van der Waals surface area contributed by atoms with Crippen LogP contribution in [0.2, 0.25) is 0 Å². The minimum absolute atomic E-state index is 0.232. The van der Waals surface area contributed by atoms with Crippen LogP contribution in [0, 0.1) is 13.8 Å². The summed E-state index contributed by atoms with van der Waals surface area (Å²) in [6.45, 7) is 4.07. The lowest BCUT2D eigenvalue weighted by atomic mass is 10.1. The van der Waals surface area contributed by atoms with Crippen LogP contribution in [0.1, 0.15) is 21.5 Å². The summed E-state index contributed by atoms with van der Waals surface area (Å²) in [6.07, 6.45) is 1.66. The van der Waals surface area contributed by atoms with Crippen LogP contribution in [0.25, 0.3) is 16.7 Å². The molecule has 0 aliphatic carbocycles. The van der Waals surface area contributed by atoms with E-state index >= 15 is 0 Å². The molecule has 5 heteroatoms. The van der Waals surface area contributed by atoms with Crippen LogP contribution in [0.15, 0.2) is 41.1 Å². The standard InChI is InChI=1S/C16H13BrN2O2/c1-9-6-12-14(7-10(9)2)19(8-18-12)13-5-3-4-11(17)15(13)16(20)21/h3-8H,1-2H3,(H,20,21). The molecule has 0 saturated carbocycles. The third kappa shape index (κ3) is 2.23. The number of halogens is 1. The van der Waals surface area contributed by atoms with Gasteiger partial charge in [0.2, 0.25) is 0 Å². The molecule has 0 fully saturated rings. The minimum atomic E-state index is -0.969. The maximum atomic E-state index is 11.5. The predicted octanol–water partition coefficient (Wildman–Crippen LogP) is 4.10. The zero-order valence-corrected chi connectivity index (χ0v) is 13.2. The van der Waals surface area contributed by atoms with Gasteiger partial charge in [0, 0.05) is 4.47 Å². The van der Waals surface area contributed by atoms with E-state index in [1.165, 1.54) is 5.56 Å². The lowest BCUT2D eigenvalue weighted by Gasteiger charge is -2.10. The van der Waals surface area contributed by atoms with Gasteiger partial charge >= 0.3 is 5.97 Å². The summed E-state index contributed by atoms with van der Waals surface area (Å²) in [5, 5.41) is 9.45. The molecule has 4 nitrogen and oxygen atoms in total. The van der Waals surface area contributed by atoms with Crippen molar-refractivity contribution in [1.82, 2.24) is 9.55 Å². The van der Waals surface area contributed by atoms with Crippen LogP contribution in [0.4, 0.5) is 0 Å². The fourth-order valence-corrected chi connectivity index (χ4v) is 2.91. The summed E-state index contributed by atoms with van der Waals surface area (Å²) in [5.41, 5.74) is 4.90. The van der Waals surface area contributed by atoms with Crippen molar-refractivity contribution in [2.24, 2.45) is 0 Å². The minimum Gasteiger partial charge on any atom is -0.478 e. The van der Waals surface area contributed by atoms with Crippen molar-refractivity contribution in [3.8, 4) is 5.69 Å². The maximum absolute atomic E-state index is 11.5. The van der Waals surface area contributed by atoms with Crippen molar-refractivity contribution in [3.05, 3.63) is 57.8 Å². The summed E-state index contributed by atoms with van der Waals surface area (Å²) in [5.74, 6) is -0.969. The highest BCUT2D eigenvalue weighted by atomic mass is 79.9. The van der Waals surface area contributed by atoms with Gasteiger partial charge in [-0.1, -0.05) is 6.07 Å². The second-order valence-electron chi connectivity index (χ2n) is 4.98. The number of fused-ring (bicyclic) bond motifs is 1. The summed E-state index contributed by atoms with van der Waals surface area (Å²) in [7, 11) is 0. The first-order chi connectivity index (χ1) is 9.99. The van der Waals surface area contributed by atoms with Gasteiger partial charge in [-0.25, -0.2) is 9.78 Å². The fraction of sp³-hybridized carbons (Fsp3) is 0.125. The zero-order valence-electron chi connectivity index (χ0n) is 11.6. The molecule has 1 aromatic heterocycles. The third-order valence-corrected chi connectivity index (χ3v) is 4.29. The van der Waals surface area contributed by atoms with Gasteiger partial charge in [-0.05, 0) is 65.2 Å². The molecular weight excluding hydrogens is 332 g/mol. The Morgan fingerprint density at radius 3 is 2.67 bits per heavy atom. The zero-order chi connectivity index (χ0) is 15.1. The van der Waals surface area contributed by atoms with E-state index in [0.717, 1.165) is 16.6 Å². The molecular formula is C16H13BrN2O2. The number of carboxylic acid groups (broad SMARTS) is 1. The third-order valence-electron chi connectivity index (χ3n) is 3.63. The Balaban J connectivity index is 2.34. The van der Waals surface area contributed by atoms with Crippen LogP contribution >= 0.6 is 15.9 Å². The van der Waals surface area contributed by atoms with Gasteiger partial charge < -0.3 is 5.11 Å². The number of imidazole rings is 1. The molecule has 0 amide bonds. The molecule has 2 aromatic carbocycles. The molecule has 106 valence electrons. The van der Waals surface area contributed by atoms with E-state index in [9.17, 15) is 9.90 Å². The van der Waals surface area contributed by atoms with Crippen molar-refractivity contribution in [1.29, 1.82) is 0 Å². The van der Waals surface area contributed by atoms with Gasteiger partial charge in [-0.2, -0.15) is 0 Å². The first-order valence-corrected chi connectivity index (χ1v) is 7.25. The van der Waals surface area contributed by atoms with E-state index in [1.807, 2.05) is 36.6 Å². The molecule has 0 unspecified atom stereocenters. The van der Waals surface area contributed by atoms with Crippen LogP contribution in [0.3, 0.4) is 0 Å². The normalized spacial score (nSPS) is 11.0. The molecule has 1 heterocycles. The van der Waals surface area contributed by atoms with Gasteiger partial charge in [0.05, 0.1) is 22.3 Å². The number of aryl methyl sites for hydroxylation is 2. The van der Waals surface area contributed by atoms with Crippen LogP contribution in [-0.2, 0) is 0 Å². The first-order valence-electron chi connectivity index (χ1n) is 6.45. The number of hydrogen-bond acceptors (Lipinski definition) is 2. The highest BCUT2D eigenvalue weighted by molar-refractivity contribution is 9.10. The number of benzene rings is 2. The van der Waals surface area contributed by atoms with Crippen LogP contribution < -0.4 is 0 Å². The Kier molecular flexibility index (Phi) is 3.29. The molecule has 21 heavy (non-hydrogen) atoms. The van der Waals surface area contributed by atoms with E-state index < -0.39 is 5.97 Å². The largest absolute Gasteiger partial charge is 0.478 e. The number of nitrogens with zero attached hydrogens (tertiary/aromatic N) is 2. The van der Waals surface area contributed by atoms with Gasteiger partial charge in [0.1, 0.15) is 6.33 Å². The molecule has 1 N–H and O–H groups in total. The Morgan fingerprint density at radius 1 is 1.24 bits per heavy atom. The Labute approximate surface area is 130 Å². The van der Waals surface area contributed by atoms with Crippen molar-refractivity contribution in [2.75, 3.05) is 0 Å². The fourth-order valence-electron chi connectivity index (χ4n) is 2.38. The van der Waals surface area contributed by atoms with Gasteiger partial charge in [0.15, 0.2) is 0 Å². The second kappa shape index (κ2) is 5.00. The van der Waals surface area contributed by atoms with E-state index in [1.54, 1.807) is 18.5 Å². The number of aromatic nitrogens is 2. The highest BCUT2D eigenvalue weighted by Gasteiger charge is 2.17. The SMILES string of the molecule is Cc1cc2ncn(-c3cccc(Br)c3C(=O)O)c2cc1C. The van der Waals surface area contributed by atoms with E-state index in [0.29, 0.717) is 10.2 Å². The Hall–Kier alpha value is -2.14. The van der Waals surface area contributed by atoms with E-state index in [2.05, 4.69) is 20.9 Å². The van der Waals surface area contributed by atoms with Crippen LogP contribution in [0.5, 0.6) is 0 Å². The van der Waals surface area contributed by atoms with Crippen LogP contribution in [-0.4, -0.2) is 20.6 Å².